The maximum atomic E-state index is 5.62. The topological polar surface area (TPSA) is 73.9 Å². The largest absolute Gasteiger partial charge is 0.492 e. The first-order valence-electron chi connectivity index (χ1n) is 5.38. The molecule has 2 aromatic heterocycles. The molecule has 88 valence electrons. The minimum atomic E-state index is 0.266. The average Bonchev–Trinajstić information content (AvgIpc) is 2.28. The summed E-state index contributed by atoms with van der Waals surface area (Å²) in [5, 5.41) is 0. The van der Waals surface area contributed by atoms with Gasteiger partial charge in [-0.05, 0) is 26.0 Å². The number of aromatic nitrogens is 3. The lowest BCUT2D eigenvalue weighted by Gasteiger charge is -2.06. The van der Waals surface area contributed by atoms with Crippen LogP contribution in [0.4, 0.5) is 5.95 Å². The number of nitrogens with two attached hydrogens (primary N) is 1. The van der Waals surface area contributed by atoms with Crippen LogP contribution in [0.15, 0.2) is 24.5 Å². The monoisotopic (exact) mass is 230 g/mol. The van der Waals surface area contributed by atoms with E-state index in [2.05, 4.69) is 15.0 Å². The van der Waals surface area contributed by atoms with Gasteiger partial charge in [-0.3, -0.25) is 4.98 Å². The Kier molecular flexibility index (Phi) is 3.18. The van der Waals surface area contributed by atoms with Crippen LogP contribution in [0.3, 0.4) is 0 Å². The summed E-state index contributed by atoms with van der Waals surface area (Å²) in [6.07, 6.45) is 3.40. The fourth-order valence-electron chi connectivity index (χ4n) is 1.54. The Labute approximate surface area is 99.7 Å². The predicted octanol–water partition coefficient (Wildman–Crippen LogP) is 1.83. The van der Waals surface area contributed by atoms with Gasteiger partial charge in [-0.2, -0.15) is 0 Å². The molecule has 0 saturated carbocycles. The Morgan fingerprint density at radius 3 is 2.76 bits per heavy atom. The highest BCUT2D eigenvalue weighted by atomic mass is 16.5. The molecule has 0 aliphatic heterocycles. The molecule has 2 N–H and O–H groups in total. The van der Waals surface area contributed by atoms with Gasteiger partial charge in [0.25, 0.3) is 0 Å². The summed E-state index contributed by atoms with van der Waals surface area (Å²) in [4.78, 5) is 12.3. The van der Waals surface area contributed by atoms with E-state index in [9.17, 15) is 0 Å². The van der Waals surface area contributed by atoms with E-state index in [0.717, 1.165) is 22.7 Å². The number of rotatable bonds is 3. The van der Waals surface area contributed by atoms with Crippen molar-refractivity contribution in [2.24, 2.45) is 0 Å². The molecule has 0 spiro atoms. The Morgan fingerprint density at radius 1 is 1.24 bits per heavy atom. The molecular weight excluding hydrogens is 216 g/mol. The van der Waals surface area contributed by atoms with Crippen LogP contribution in [0.1, 0.15) is 12.6 Å². The van der Waals surface area contributed by atoms with E-state index in [1.807, 2.05) is 26.0 Å². The van der Waals surface area contributed by atoms with Crippen molar-refractivity contribution in [3.63, 3.8) is 0 Å². The molecule has 0 radical (unpaired) electrons. The standard InChI is InChI=1S/C12H14N4O/c1-3-17-10-5-9(6-14-7-10)11-4-8(2)15-12(13)16-11/h4-7H,3H2,1-2H3,(H2,13,15,16). The molecule has 0 fully saturated rings. The molecule has 0 bridgehead atoms. The Hall–Kier alpha value is -2.17. The van der Waals surface area contributed by atoms with E-state index in [1.165, 1.54) is 0 Å². The normalized spacial score (nSPS) is 10.2. The molecule has 5 heteroatoms. The van der Waals surface area contributed by atoms with Crippen LogP contribution in [0.25, 0.3) is 11.3 Å². The number of hydrogen-bond acceptors (Lipinski definition) is 5. The second kappa shape index (κ2) is 4.78. The fraction of sp³-hybridized carbons (Fsp3) is 0.250. The third-order valence-electron chi connectivity index (χ3n) is 2.19. The Balaban J connectivity index is 2.41. The predicted molar refractivity (Wildman–Crippen MR) is 65.6 cm³/mol. The number of pyridine rings is 1. The van der Waals surface area contributed by atoms with E-state index < -0.39 is 0 Å². The highest BCUT2D eigenvalue weighted by Crippen LogP contribution is 2.21. The lowest BCUT2D eigenvalue weighted by atomic mass is 10.2. The van der Waals surface area contributed by atoms with Gasteiger partial charge in [0.05, 0.1) is 18.5 Å². The first kappa shape index (κ1) is 11.3. The molecule has 5 nitrogen and oxygen atoms in total. The SMILES string of the molecule is CCOc1cncc(-c2cc(C)nc(N)n2)c1. The number of aryl methyl sites for hydroxylation is 1. The molecular formula is C12H14N4O. The summed E-state index contributed by atoms with van der Waals surface area (Å²) in [6.45, 7) is 4.41. The van der Waals surface area contributed by atoms with Crippen LogP contribution >= 0.6 is 0 Å². The second-order valence-electron chi connectivity index (χ2n) is 3.60. The quantitative estimate of drug-likeness (QED) is 0.870. The van der Waals surface area contributed by atoms with Gasteiger partial charge in [-0.1, -0.05) is 0 Å². The Bertz CT molecular complexity index is 507. The molecule has 2 heterocycles. The summed E-state index contributed by atoms with van der Waals surface area (Å²) in [5.74, 6) is 0.988. The van der Waals surface area contributed by atoms with E-state index in [1.54, 1.807) is 12.4 Å². The molecule has 17 heavy (non-hydrogen) atoms. The summed E-state index contributed by atoms with van der Waals surface area (Å²) < 4.78 is 5.39. The van der Waals surface area contributed by atoms with Crippen LogP contribution in [0.5, 0.6) is 5.75 Å². The van der Waals surface area contributed by atoms with Crippen molar-refractivity contribution in [1.29, 1.82) is 0 Å². The van der Waals surface area contributed by atoms with Crippen LogP contribution in [0.2, 0.25) is 0 Å². The first-order chi connectivity index (χ1) is 8.19. The molecule has 2 aromatic rings. The van der Waals surface area contributed by atoms with Crippen molar-refractivity contribution in [2.75, 3.05) is 12.3 Å². The number of ether oxygens (including phenoxy) is 1. The molecule has 0 unspecified atom stereocenters. The van der Waals surface area contributed by atoms with Crippen LogP contribution < -0.4 is 10.5 Å². The van der Waals surface area contributed by atoms with E-state index in [-0.39, 0.29) is 5.95 Å². The van der Waals surface area contributed by atoms with Gasteiger partial charge in [0, 0.05) is 17.5 Å². The van der Waals surface area contributed by atoms with Gasteiger partial charge in [-0.15, -0.1) is 0 Å². The van der Waals surface area contributed by atoms with Crippen LogP contribution in [-0.2, 0) is 0 Å². The number of nitrogen functional groups attached to an aromatic ring is 1. The average molecular weight is 230 g/mol. The maximum absolute atomic E-state index is 5.62. The van der Waals surface area contributed by atoms with E-state index in [0.29, 0.717) is 6.61 Å². The van der Waals surface area contributed by atoms with Gasteiger partial charge >= 0.3 is 0 Å². The van der Waals surface area contributed by atoms with Gasteiger partial charge < -0.3 is 10.5 Å². The number of nitrogens with zero attached hydrogens (tertiary/aromatic N) is 3. The fourth-order valence-corrected chi connectivity index (χ4v) is 1.54. The minimum Gasteiger partial charge on any atom is -0.492 e. The molecule has 0 atom stereocenters. The zero-order valence-electron chi connectivity index (χ0n) is 9.84. The Morgan fingerprint density at radius 2 is 2.06 bits per heavy atom. The lowest BCUT2D eigenvalue weighted by Crippen LogP contribution is -1.99. The van der Waals surface area contributed by atoms with Gasteiger partial charge in [0.1, 0.15) is 5.75 Å². The zero-order chi connectivity index (χ0) is 12.3. The molecule has 0 aromatic carbocycles. The van der Waals surface area contributed by atoms with Gasteiger partial charge in [0.15, 0.2) is 0 Å². The summed E-state index contributed by atoms with van der Waals surface area (Å²) in [6, 6.07) is 3.75. The molecule has 2 rings (SSSR count). The highest BCUT2D eigenvalue weighted by Gasteiger charge is 2.04. The van der Waals surface area contributed by atoms with E-state index >= 15 is 0 Å². The van der Waals surface area contributed by atoms with Gasteiger partial charge in [-0.25, -0.2) is 9.97 Å². The number of hydrogen-bond donors (Lipinski definition) is 1. The van der Waals surface area contributed by atoms with Crippen LogP contribution in [0, 0.1) is 6.92 Å². The van der Waals surface area contributed by atoms with Crippen LogP contribution in [-0.4, -0.2) is 21.6 Å². The van der Waals surface area contributed by atoms with Gasteiger partial charge in [0.2, 0.25) is 5.95 Å². The highest BCUT2D eigenvalue weighted by molar-refractivity contribution is 5.61. The molecule has 0 aliphatic carbocycles. The molecule has 0 saturated heterocycles. The number of anilines is 1. The third kappa shape index (κ3) is 2.69. The second-order valence-corrected chi connectivity index (χ2v) is 3.60. The molecule has 0 amide bonds. The maximum Gasteiger partial charge on any atom is 0.220 e. The lowest BCUT2D eigenvalue weighted by molar-refractivity contribution is 0.339. The smallest absolute Gasteiger partial charge is 0.220 e. The minimum absolute atomic E-state index is 0.266. The van der Waals surface area contributed by atoms with Crippen molar-refractivity contribution in [2.45, 2.75) is 13.8 Å². The first-order valence-corrected chi connectivity index (χ1v) is 5.38. The van der Waals surface area contributed by atoms with E-state index in [4.69, 9.17) is 10.5 Å². The van der Waals surface area contributed by atoms with Crippen molar-refractivity contribution < 1.29 is 4.74 Å². The third-order valence-corrected chi connectivity index (χ3v) is 2.19. The zero-order valence-corrected chi connectivity index (χ0v) is 9.84. The summed E-state index contributed by atoms with van der Waals surface area (Å²) in [5.41, 5.74) is 8.07. The van der Waals surface area contributed by atoms with Crippen molar-refractivity contribution >= 4 is 5.95 Å². The summed E-state index contributed by atoms with van der Waals surface area (Å²) >= 11 is 0. The summed E-state index contributed by atoms with van der Waals surface area (Å²) in [7, 11) is 0. The van der Waals surface area contributed by atoms with Crippen molar-refractivity contribution in [3.8, 4) is 17.0 Å². The molecule has 0 aliphatic rings. The van der Waals surface area contributed by atoms with Crippen molar-refractivity contribution in [1.82, 2.24) is 15.0 Å². The van der Waals surface area contributed by atoms with Crippen molar-refractivity contribution in [3.05, 3.63) is 30.2 Å².